The van der Waals surface area contributed by atoms with E-state index in [1.54, 1.807) is 4.90 Å². The first kappa shape index (κ1) is 12.6. The highest BCUT2D eigenvalue weighted by Gasteiger charge is 2.09. The topological polar surface area (TPSA) is 65.7 Å². The van der Waals surface area contributed by atoms with Crippen molar-refractivity contribution in [2.24, 2.45) is 10.7 Å². The van der Waals surface area contributed by atoms with Gasteiger partial charge in [-0.15, -0.1) is 0 Å². The molecule has 0 spiro atoms. The zero-order valence-corrected chi connectivity index (χ0v) is 11.3. The number of anilines is 1. The molecule has 18 heavy (non-hydrogen) atoms. The Bertz CT molecular complexity index is 489. The van der Waals surface area contributed by atoms with Crippen molar-refractivity contribution < 1.29 is 0 Å². The van der Waals surface area contributed by atoms with Gasteiger partial charge in [-0.2, -0.15) is 0 Å². The average Bonchev–Trinajstić information content (AvgIpc) is 2.84. The van der Waals surface area contributed by atoms with Crippen molar-refractivity contribution in [2.45, 2.75) is 6.92 Å². The van der Waals surface area contributed by atoms with Crippen molar-refractivity contribution in [1.29, 1.82) is 0 Å². The zero-order valence-electron chi connectivity index (χ0n) is 10.5. The standard InChI is InChI=1S/C12H17N5S/c1-8-3-4-9(17(2)11(13)18)7-10(8)16-12-14-5-6-15-12/h3-4,7H,5-6H2,1-2H3,(H2,13,18)(H2,14,15,16). The van der Waals surface area contributed by atoms with E-state index in [1.807, 2.05) is 32.2 Å². The van der Waals surface area contributed by atoms with Gasteiger partial charge in [0.15, 0.2) is 11.1 Å². The molecular weight excluding hydrogens is 246 g/mol. The molecule has 0 aromatic heterocycles. The highest BCUT2D eigenvalue weighted by molar-refractivity contribution is 7.80. The molecule has 96 valence electrons. The van der Waals surface area contributed by atoms with Gasteiger partial charge in [0.05, 0.1) is 5.69 Å². The Balaban J connectivity index is 2.32. The minimum atomic E-state index is 0.342. The molecule has 4 N–H and O–H groups in total. The van der Waals surface area contributed by atoms with Crippen LogP contribution in [-0.2, 0) is 0 Å². The van der Waals surface area contributed by atoms with Gasteiger partial charge in [-0.25, -0.2) is 4.99 Å². The van der Waals surface area contributed by atoms with E-state index in [0.29, 0.717) is 5.11 Å². The van der Waals surface area contributed by atoms with Crippen molar-refractivity contribution in [2.75, 3.05) is 25.0 Å². The second-order valence-corrected chi connectivity index (χ2v) is 4.60. The predicted molar refractivity (Wildman–Crippen MR) is 79.5 cm³/mol. The van der Waals surface area contributed by atoms with Crippen LogP contribution in [0.25, 0.3) is 0 Å². The molecule has 0 atom stereocenters. The van der Waals surface area contributed by atoms with Gasteiger partial charge in [-0.1, -0.05) is 6.07 Å². The van der Waals surface area contributed by atoms with E-state index in [4.69, 9.17) is 18.0 Å². The lowest BCUT2D eigenvalue weighted by atomic mass is 10.2. The first-order valence-electron chi connectivity index (χ1n) is 5.78. The lowest BCUT2D eigenvalue weighted by Crippen LogP contribution is -2.31. The Morgan fingerprint density at radius 3 is 2.67 bits per heavy atom. The Kier molecular flexibility index (Phi) is 3.66. The number of nitrogens with two attached hydrogens (primary N) is 1. The van der Waals surface area contributed by atoms with E-state index < -0.39 is 0 Å². The molecule has 1 fully saturated rings. The quantitative estimate of drug-likeness (QED) is 0.691. The summed E-state index contributed by atoms with van der Waals surface area (Å²) in [5.41, 5.74) is 8.57. The van der Waals surface area contributed by atoms with Crippen molar-refractivity contribution in [3.05, 3.63) is 23.8 Å². The fourth-order valence-electron chi connectivity index (χ4n) is 1.68. The molecule has 0 saturated carbocycles. The fourth-order valence-corrected chi connectivity index (χ4v) is 1.78. The minimum Gasteiger partial charge on any atom is -0.376 e. The maximum absolute atomic E-state index is 5.62. The third-order valence-corrected chi connectivity index (χ3v) is 3.13. The molecule has 1 aromatic carbocycles. The molecule has 2 rings (SSSR count). The van der Waals surface area contributed by atoms with Crippen LogP contribution in [0.3, 0.4) is 0 Å². The second kappa shape index (κ2) is 5.22. The molecule has 0 amide bonds. The first-order chi connectivity index (χ1) is 8.58. The predicted octanol–water partition coefficient (Wildman–Crippen LogP) is 0.855. The number of nitrogens with zero attached hydrogens (tertiary/aromatic N) is 2. The number of rotatable bonds is 2. The van der Waals surface area contributed by atoms with Crippen LogP contribution in [0.1, 0.15) is 5.56 Å². The summed E-state index contributed by atoms with van der Waals surface area (Å²) >= 11 is 4.96. The van der Waals surface area contributed by atoms with Crippen LogP contribution in [0, 0.1) is 6.92 Å². The number of guanidine groups is 1. The van der Waals surface area contributed by atoms with Gasteiger partial charge in [-0.05, 0) is 36.8 Å². The summed E-state index contributed by atoms with van der Waals surface area (Å²) in [6.45, 7) is 3.84. The van der Waals surface area contributed by atoms with E-state index in [9.17, 15) is 0 Å². The summed E-state index contributed by atoms with van der Waals surface area (Å²) in [5, 5.41) is 6.70. The molecule has 6 heteroatoms. The molecule has 5 nitrogen and oxygen atoms in total. The van der Waals surface area contributed by atoms with Crippen molar-refractivity contribution in [3.8, 4) is 0 Å². The number of benzene rings is 1. The Morgan fingerprint density at radius 2 is 2.06 bits per heavy atom. The van der Waals surface area contributed by atoms with Gasteiger partial charge in [0, 0.05) is 25.8 Å². The minimum absolute atomic E-state index is 0.342. The number of nitrogens with one attached hydrogen (secondary N) is 2. The second-order valence-electron chi connectivity index (χ2n) is 4.18. The SMILES string of the molecule is Cc1ccc(N(C)C(N)=S)cc1N=C1NCCN1. The van der Waals surface area contributed by atoms with Crippen LogP contribution < -0.4 is 21.3 Å². The number of aryl methyl sites for hydroxylation is 1. The van der Waals surface area contributed by atoms with Crippen LogP contribution in [0.4, 0.5) is 11.4 Å². The van der Waals surface area contributed by atoms with E-state index in [0.717, 1.165) is 36.0 Å². The number of hydrogen-bond donors (Lipinski definition) is 3. The lowest BCUT2D eigenvalue weighted by Gasteiger charge is -2.17. The molecule has 1 aromatic rings. The van der Waals surface area contributed by atoms with Gasteiger partial charge in [0.25, 0.3) is 0 Å². The Morgan fingerprint density at radius 1 is 1.39 bits per heavy atom. The molecule has 0 aliphatic carbocycles. The summed E-state index contributed by atoms with van der Waals surface area (Å²) < 4.78 is 0. The van der Waals surface area contributed by atoms with E-state index in [2.05, 4.69) is 15.6 Å². The van der Waals surface area contributed by atoms with Crippen molar-refractivity contribution in [1.82, 2.24) is 10.6 Å². The largest absolute Gasteiger partial charge is 0.376 e. The highest BCUT2D eigenvalue weighted by Crippen LogP contribution is 2.25. The summed E-state index contributed by atoms with van der Waals surface area (Å²) in [6.07, 6.45) is 0. The molecule has 1 heterocycles. The molecule has 1 aliphatic heterocycles. The number of aliphatic imine (C=N–C) groups is 1. The Labute approximate surface area is 112 Å². The molecule has 1 saturated heterocycles. The Hall–Kier alpha value is -1.82. The fraction of sp³-hybridized carbons (Fsp3) is 0.333. The maximum atomic E-state index is 5.62. The van der Waals surface area contributed by atoms with Crippen LogP contribution in [0.5, 0.6) is 0 Å². The summed E-state index contributed by atoms with van der Waals surface area (Å²) in [5.74, 6) is 0.813. The third-order valence-electron chi connectivity index (χ3n) is 2.85. The van der Waals surface area contributed by atoms with Crippen molar-refractivity contribution >= 4 is 34.7 Å². The van der Waals surface area contributed by atoms with E-state index in [-0.39, 0.29) is 0 Å². The molecule has 0 unspecified atom stereocenters. The van der Waals surface area contributed by atoms with Crippen molar-refractivity contribution in [3.63, 3.8) is 0 Å². The van der Waals surface area contributed by atoms with Crippen LogP contribution >= 0.6 is 12.2 Å². The monoisotopic (exact) mass is 263 g/mol. The summed E-state index contributed by atoms with van der Waals surface area (Å²) in [6, 6.07) is 5.97. The highest BCUT2D eigenvalue weighted by atomic mass is 32.1. The number of thiocarbonyl (C=S) groups is 1. The molecular formula is C12H17N5S. The van der Waals surface area contributed by atoms with Gasteiger partial charge in [0.1, 0.15) is 0 Å². The van der Waals surface area contributed by atoms with Gasteiger partial charge in [-0.3, -0.25) is 0 Å². The third kappa shape index (κ3) is 2.70. The van der Waals surface area contributed by atoms with Gasteiger partial charge in [0.2, 0.25) is 0 Å². The van der Waals surface area contributed by atoms with Gasteiger partial charge >= 0.3 is 0 Å². The maximum Gasteiger partial charge on any atom is 0.196 e. The smallest absolute Gasteiger partial charge is 0.196 e. The van der Waals surface area contributed by atoms with E-state index >= 15 is 0 Å². The lowest BCUT2D eigenvalue weighted by molar-refractivity contribution is 0.942. The van der Waals surface area contributed by atoms with E-state index in [1.165, 1.54) is 0 Å². The molecule has 0 radical (unpaired) electrons. The zero-order chi connectivity index (χ0) is 13.1. The first-order valence-corrected chi connectivity index (χ1v) is 6.19. The summed E-state index contributed by atoms with van der Waals surface area (Å²) in [7, 11) is 1.84. The summed E-state index contributed by atoms with van der Waals surface area (Å²) in [4.78, 5) is 6.30. The molecule has 0 bridgehead atoms. The number of hydrogen-bond acceptors (Lipinski definition) is 2. The normalized spacial score (nSPS) is 13.8. The molecule has 1 aliphatic rings. The average molecular weight is 263 g/mol. The van der Waals surface area contributed by atoms with Crippen LogP contribution in [0.15, 0.2) is 23.2 Å². The van der Waals surface area contributed by atoms with Crippen LogP contribution in [0.2, 0.25) is 0 Å². The van der Waals surface area contributed by atoms with Gasteiger partial charge < -0.3 is 21.3 Å². The van der Waals surface area contributed by atoms with Crippen LogP contribution in [-0.4, -0.2) is 31.2 Å².